The zero-order valence-electron chi connectivity index (χ0n) is 8.20. The predicted molar refractivity (Wildman–Crippen MR) is 58.7 cm³/mol. The summed E-state index contributed by atoms with van der Waals surface area (Å²) >= 11 is 5.10. The Morgan fingerprint density at radius 2 is 2.38 bits per heavy atom. The number of fused-ring (bicyclic) bond motifs is 2. The van der Waals surface area contributed by atoms with Gasteiger partial charge in [0.1, 0.15) is 0 Å². The van der Waals surface area contributed by atoms with Gasteiger partial charge < -0.3 is 5.73 Å². The molecule has 3 atom stereocenters. The summed E-state index contributed by atoms with van der Waals surface area (Å²) in [6, 6.07) is 1.15. The molecule has 0 aromatic rings. The van der Waals surface area contributed by atoms with Crippen LogP contribution in [0.2, 0.25) is 0 Å². The molecule has 0 aromatic heterocycles. The molecule has 2 rings (SSSR count). The Hall–Kier alpha value is -0.150. The van der Waals surface area contributed by atoms with Gasteiger partial charge in [-0.2, -0.15) is 0 Å². The third kappa shape index (κ3) is 1.59. The lowest BCUT2D eigenvalue weighted by Crippen LogP contribution is -2.47. The van der Waals surface area contributed by atoms with Gasteiger partial charge in [-0.15, -0.1) is 0 Å². The number of likely N-dealkylation sites (tertiary alicyclic amines) is 1. The Bertz CT molecular complexity index is 217. The van der Waals surface area contributed by atoms with Crippen LogP contribution in [0.1, 0.15) is 32.6 Å². The number of hydrogen-bond acceptors (Lipinski definition) is 2. The van der Waals surface area contributed by atoms with Gasteiger partial charge in [-0.3, -0.25) is 4.90 Å². The van der Waals surface area contributed by atoms with Crippen LogP contribution < -0.4 is 5.73 Å². The first-order valence-corrected chi connectivity index (χ1v) is 5.68. The lowest BCUT2D eigenvalue weighted by Gasteiger charge is -2.33. The van der Waals surface area contributed by atoms with Crippen molar-refractivity contribution >= 4 is 17.2 Å². The molecule has 2 fully saturated rings. The molecule has 13 heavy (non-hydrogen) atoms. The minimum Gasteiger partial charge on any atom is -0.392 e. The topological polar surface area (TPSA) is 29.3 Å². The summed E-state index contributed by atoms with van der Waals surface area (Å²) in [5.74, 6) is 0.938. The van der Waals surface area contributed by atoms with Crippen LogP contribution >= 0.6 is 12.2 Å². The number of hydrogen-bond donors (Lipinski definition) is 1. The van der Waals surface area contributed by atoms with E-state index in [1.54, 1.807) is 0 Å². The fourth-order valence-corrected chi connectivity index (χ4v) is 3.25. The highest BCUT2D eigenvalue weighted by atomic mass is 32.1. The van der Waals surface area contributed by atoms with Crippen molar-refractivity contribution in [2.45, 2.75) is 44.7 Å². The maximum Gasteiger partial charge on any atom is 0.0902 e. The summed E-state index contributed by atoms with van der Waals surface area (Å²) in [4.78, 5) is 3.23. The number of nitrogens with two attached hydrogens (primary N) is 1. The van der Waals surface area contributed by atoms with Crippen LogP contribution in [0.4, 0.5) is 0 Å². The van der Waals surface area contributed by atoms with Crippen LogP contribution in [-0.4, -0.2) is 28.5 Å². The summed E-state index contributed by atoms with van der Waals surface area (Å²) in [5.41, 5.74) is 5.75. The van der Waals surface area contributed by atoms with E-state index in [1.807, 2.05) is 0 Å². The minimum atomic E-state index is 0.366. The SMILES string of the molecule is CCC(C(N)=S)N1CC2CCC1C2. The van der Waals surface area contributed by atoms with E-state index in [0.29, 0.717) is 11.0 Å². The van der Waals surface area contributed by atoms with E-state index >= 15 is 0 Å². The van der Waals surface area contributed by atoms with Crippen molar-refractivity contribution in [1.29, 1.82) is 0 Å². The van der Waals surface area contributed by atoms with E-state index in [4.69, 9.17) is 18.0 Å². The summed E-state index contributed by atoms with van der Waals surface area (Å²) in [5, 5.41) is 0. The smallest absolute Gasteiger partial charge is 0.0902 e. The average Bonchev–Trinajstić information content (AvgIpc) is 2.65. The molecule has 3 unspecified atom stereocenters. The molecule has 1 saturated heterocycles. The number of nitrogens with zero attached hydrogens (tertiary/aromatic N) is 1. The van der Waals surface area contributed by atoms with Crippen LogP contribution in [0, 0.1) is 5.92 Å². The van der Waals surface area contributed by atoms with Gasteiger partial charge >= 0.3 is 0 Å². The molecule has 3 heteroatoms. The highest BCUT2D eigenvalue weighted by Crippen LogP contribution is 2.38. The third-order valence-corrected chi connectivity index (χ3v) is 3.84. The summed E-state index contributed by atoms with van der Waals surface area (Å²) < 4.78 is 0. The van der Waals surface area contributed by atoms with Gasteiger partial charge in [0, 0.05) is 12.6 Å². The molecule has 0 radical (unpaired) electrons. The molecule has 0 aromatic carbocycles. The average molecular weight is 198 g/mol. The summed E-state index contributed by atoms with van der Waals surface area (Å²) in [6.07, 6.45) is 5.25. The highest BCUT2D eigenvalue weighted by Gasteiger charge is 2.40. The Kier molecular flexibility index (Phi) is 2.56. The van der Waals surface area contributed by atoms with Crippen molar-refractivity contribution in [3.05, 3.63) is 0 Å². The first-order valence-electron chi connectivity index (χ1n) is 5.27. The number of piperidine rings is 1. The Morgan fingerprint density at radius 3 is 2.77 bits per heavy atom. The van der Waals surface area contributed by atoms with E-state index in [-0.39, 0.29) is 0 Å². The third-order valence-electron chi connectivity index (χ3n) is 3.57. The van der Waals surface area contributed by atoms with Crippen LogP contribution in [0.5, 0.6) is 0 Å². The quantitative estimate of drug-likeness (QED) is 0.697. The molecule has 2 N–H and O–H groups in total. The van der Waals surface area contributed by atoms with Gasteiger partial charge in [0.15, 0.2) is 0 Å². The lowest BCUT2D eigenvalue weighted by atomic mass is 10.1. The second-order valence-electron chi connectivity index (χ2n) is 4.36. The Morgan fingerprint density at radius 1 is 1.62 bits per heavy atom. The van der Waals surface area contributed by atoms with E-state index in [2.05, 4.69) is 11.8 Å². The molecule has 1 aliphatic carbocycles. The number of rotatable bonds is 3. The van der Waals surface area contributed by atoms with Crippen molar-refractivity contribution in [1.82, 2.24) is 4.90 Å². The van der Waals surface area contributed by atoms with Crippen molar-refractivity contribution in [2.75, 3.05) is 6.54 Å². The fraction of sp³-hybridized carbons (Fsp3) is 0.900. The zero-order valence-corrected chi connectivity index (χ0v) is 9.02. The van der Waals surface area contributed by atoms with Crippen molar-refractivity contribution in [2.24, 2.45) is 11.7 Å². The maximum absolute atomic E-state index is 5.75. The Labute approximate surface area is 85.5 Å². The molecule has 0 spiro atoms. The van der Waals surface area contributed by atoms with Gasteiger partial charge in [0.25, 0.3) is 0 Å². The molecule has 0 amide bonds. The molecular weight excluding hydrogens is 180 g/mol. The number of thiocarbonyl (C=S) groups is 1. The van der Waals surface area contributed by atoms with E-state index in [0.717, 1.165) is 18.4 Å². The van der Waals surface area contributed by atoms with Crippen LogP contribution in [-0.2, 0) is 0 Å². The predicted octanol–water partition coefficient (Wildman–Crippen LogP) is 1.54. The summed E-state index contributed by atoms with van der Waals surface area (Å²) in [7, 11) is 0. The molecule has 1 saturated carbocycles. The van der Waals surface area contributed by atoms with E-state index in [9.17, 15) is 0 Å². The van der Waals surface area contributed by atoms with Gasteiger partial charge in [-0.1, -0.05) is 19.1 Å². The van der Waals surface area contributed by atoms with E-state index < -0.39 is 0 Å². The standard InChI is InChI=1S/C10H18N2S/c1-2-9(10(11)13)12-6-7-3-4-8(12)5-7/h7-9H,2-6H2,1H3,(H2,11,13). The molecule has 2 aliphatic rings. The minimum absolute atomic E-state index is 0.366. The highest BCUT2D eigenvalue weighted by molar-refractivity contribution is 7.80. The van der Waals surface area contributed by atoms with Gasteiger partial charge in [0.2, 0.25) is 0 Å². The summed E-state index contributed by atoms with van der Waals surface area (Å²) in [6.45, 7) is 3.41. The fourth-order valence-electron chi connectivity index (χ4n) is 2.94. The van der Waals surface area contributed by atoms with Crippen molar-refractivity contribution < 1.29 is 0 Å². The van der Waals surface area contributed by atoms with Crippen molar-refractivity contribution in [3.8, 4) is 0 Å². The lowest BCUT2D eigenvalue weighted by molar-refractivity contribution is 0.184. The van der Waals surface area contributed by atoms with Crippen molar-refractivity contribution in [3.63, 3.8) is 0 Å². The van der Waals surface area contributed by atoms with Crippen LogP contribution in [0.25, 0.3) is 0 Å². The first kappa shape index (κ1) is 9.41. The van der Waals surface area contributed by atoms with Crippen LogP contribution in [0.3, 0.4) is 0 Å². The maximum atomic E-state index is 5.75. The molecule has 1 heterocycles. The van der Waals surface area contributed by atoms with Crippen LogP contribution in [0.15, 0.2) is 0 Å². The van der Waals surface area contributed by atoms with Gasteiger partial charge in [0.05, 0.1) is 11.0 Å². The second-order valence-corrected chi connectivity index (χ2v) is 4.83. The molecule has 2 nitrogen and oxygen atoms in total. The van der Waals surface area contributed by atoms with Gasteiger partial charge in [-0.25, -0.2) is 0 Å². The molecular formula is C10H18N2S. The largest absolute Gasteiger partial charge is 0.392 e. The molecule has 1 aliphatic heterocycles. The first-order chi connectivity index (χ1) is 6.22. The Balaban J connectivity index is 2.04. The van der Waals surface area contributed by atoms with Gasteiger partial charge in [-0.05, 0) is 31.6 Å². The zero-order chi connectivity index (χ0) is 9.42. The second kappa shape index (κ2) is 3.54. The molecule has 2 bridgehead atoms. The normalized spacial score (nSPS) is 35.2. The molecule has 74 valence electrons. The monoisotopic (exact) mass is 198 g/mol. The van der Waals surface area contributed by atoms with E-state index in [1.165, 1.54) is 25.8 Å².